The lowest BCUT2D eigenvalue weighted by molar-refractivity contribution is 0.0525. The number of carbonyl (C=O) groups is 1. The Bertz CT molecular complexity index is 515. The van der Waals surface area contributed by atoms with Crippen LogP contribution in [0.4, 0.5) is 0 Å². The zero-order valence-electron chi connectivity index (χ0n) is 14.2. The third-order valence-corrected chi connectivity index (χ3v) is 3.20. The molecule has 128 valence electrons. The Morgan fingerprint density at radius 2 is 2.13 bits per heavy atom. The van der Waals surface area contributed by atoms with Crippen LogP contribution in [0.25, 0.3) is 0 Å². The van der Waals surface area contributed by atoms with Gasteiger partial charge in [0.25, 0.3) is 0 Å². The molecular weight excluding hydrogens is 294 g/mol. The van der Waals surface area contributed by atoms with Gasteiger partial charge in [0.1, 0.15) is 18.5 Å². The fraction of sp³-hybridized carbons (Fsp3) is 0.500. The quantitative estimate of drug-likeness (QED) is 0.530. The van der Waals surface area contributed by atoms with Gasteiger partial charge in [0.2, 0.25) is 0 Å². The number of rotatable bonds is 10. The lowest BCUT2D eigenvalue weighted by Crippen LogP contribution is -2.36. The Hall–Kier alpha value is -1.85. The van der Waals surface area contributed by atoms with Gasteiger partial charge in [-0.2, -0.15) is 0 Å². The predicted octanol–water partition coefficient (Wildman–Crippen LogP) is 2.50. The summed E-state index contributed by atoms with van der Waals surface area (Å²) in [5, 5.41) is 10.1. The van der Waals surface area contributed by atoms with Crippen LogP contribution in [-0.2, 0) is 4.74 Å². The SMILES string of the molecule is C=C(C)CN(CC)C[C@@H](O)COc1cccc(C(=O)OCC)c1. The summed E-state index contributed by atoms with van der Waals surface area (Å²) in [6, 6.07) is 6.78. The zero-order valence-corrected chi connectivity index (χ0v) is 14.2. The van der Waals surface area contributed by atoms with Crippen LogP contribution in [0, 0.1) is 0 Å². The second-order valence-electron chi connectivity index (χ2n) is 5.50. The van der Waals surface area contributed by atoms with Crippen LogP contribution in [0.2, 0.25) is 0 Å². The van der Waals surface area contributed by atoms with E-state index in [1.165, 1.54) is 0 Å². The number of aliphatic hydroxyl groups is 1. The molecule has 0 aliphatic rings. The van der Waals surface area contributed by atoms with Gasteiger partial charge in [0.05, 0.1) is 12.2 Å². The number of hydrogen-bond acceptors (Lipinski definition) is 5. The van der Waals surface area contributed by atoms with Crippen LogP contribution >= 0.6 is 0 Å². The Morgan fingerprint density at radius 3 is 2.74 bits per heavy atom. The third kappa shape index (κ3) is 7.30. The first-order valence-electron chi connectivity index (χ1n) is 7.91. The van der Waals surface area contributed by atoms with E-state index in [-0.39, 0.29) is 12.6 Å². The zero-order chi connectivity index (χ0) is 17.2. The van der Waals surface area contributed by atoms with Crippen molar-refractivity contribution < 1.29 is 19.4 Å². The van der Waals surface area contributed by atoms with Crippen LogP contribution in [0.15, 0.2) is 36.4 Å². The molecule has 0 aromatic heterocycles. The van der Waals surface area contributed by atoms with E-state index in [0.29, 0.717) is 24.5 Å². The van der Waals surface area contributed by atoms with E-state index in [0.717, 1.165) is 18.7 Å². The summed E-state index contributed by atoms with van der Waals surface area (Å²) < 4.78 is 10.5. The van der Waals surface area contributed by atoms with Crippen LogP contribution in [0.1, 0.15) is 31.1 Å². The highest BCUT2D eigenvalue weighted by Gasteiger charge is 2.12. The monoisotopic (exact) mass is 321 g/mol. The third-order valence-electron chi connectivity index (χ3n) is 3.20. The molecule has 5 nitrogen and oxygen atoms in total. The Morgan fingerprint density at radius 1 is 1.39 bits per heavy atom. The first-order chi connectivity index (χ1) is 11.0. The molecule has 0 aliphatic carbocycles. The topological polar surface area (TPSA) is 59.0 Å². The standard InChI is InChI=1S/C18H27NO4/c1-5-19(11-14(3)4)12-16(20)13-23-17-9-7-8-15(10-17)18(21)22-6-2/h7-10,16,20H,3,5-6,11-13H2,1-2,4H3/t16-/m1/s1. The largest absolute Gasteiger partial charge is 0.491 e. The maximum absolute atomic E-state index is 11.7. The van der Waals surface area contributed by atoms with Crippen molar-refractivity contribution in [2.75, 3.05) is 32.8 Å². The molecule has 0 heterocycles. The second kappa shape index (κ2) is 10.0. The predicted molar refractivity (Wildman–Crippen MR) is 90.8 cm³/mol. The molecular formula is C18H27NO4. The van der Waals surface area contributed by atoms with Crippen LogP contribution < -0.4 is 4.74 Å². The number of aliphatic hydroxyl groups excluding tert-OH is 1. The van der Waals surface area contributed by atoms with Crippen molar-refractivity contribution in [3.05, 3.63) is 42.0 Å². The molecule has 5 heteroatoms. The highest BCUT2D eigenvalue weighted by molar-refractivity contribution is 5.89. The highest BCUT2D eigenvalue weighted by Crippen LogP contribution is 2.14. The summed E-state index contributed by atoms with van der Waals surface area (Å²) in [6.45, 7) is 12.3. The maximum Gasteiger partial charge on any atom is 0.338 e. The molecule has 0 saturated heterocycles. The molecule has 0 spiro atoms. The molecule has 1 aromatic carbocycles. The van der Waals surface area contributed by atoms with E-state index in [2.05, 4.69) is 11.5 Å². The van der Waals surface area contributed by atoms with E-state index < -0.39 is 6.10 Å². The van der Waals surface area contributed by atoms with Crippen molar-refractivity contribution in [3.8, 4) is 5.75 Å². The van der Waals surface area contributed by atoms with Gasteiger partial charge in [-0.05, 0) is 38.6 Å². The number of ether oxygens (including phenoxy) is 2. The summed E-state index contributed by atoms with van der Waals surface area (Å²) in [4.78, 5) is 13.8. The summed E-state index contributed by atoms with van der Waals surface area (Å²) in [5.74, 6) is 0.162. The number of likely N-dealkylation sites (N-methyl/N-ethyl adjacent to an activating group) is 1. The molecule has 23 heavy (non-hydrogen) atoms. The number of hydrogen-bond donors (Lipinski definition) is 1. The van der Waals surface area contributed by atoms with Gasteiger partial charge in [0, 0.05) is 13.1 Å². The Balaban J connectivity index is 2.52. The molecule has 0 bridgehead atoms. The average molecular weight is 321 g/mol. The molecule has 0 radical (unpaired) electrons. The molecule has 0 aliphatic heterocycles. The molecule has 1 atom stereocenters. The number of carbonyl (C=O) groups excluding carboxylic acids is 1. The van der Waals surface area contributed by atoms with Crippen molar-refractivity contribution in [3.63, 3.8) is 0 Å². The first-order valence-corrected chi connectivity index (χ1v) is 7.91. The number of benzene rings is 1. The van der Waals surface area contributed by atoms with Gasteiger partial charge in [-0.3, -0.25) is 4.90 Å². The van der Waals surface area contributed by atoms with E-state index in [9.17, 15) is 9.90 Å². The summed E-state index contributed by atoms with van der Waals surface area (Å²) in [5.41, 5.74) is 1.50. The fourth-order valence-corrected chi connectivity index (χ4v) is 2.16. The van der Waals surface area contributed by atoms with Gasteiger partial charge in [0.15, 0.2) is 0 Å². The van der Waals surface area contributed by atoms with Crippen molar-refractivity contribution in [1.82, 2.24) is 4.90 Å². The molecule has 0 unspecified atom stereocenters. The van der Waals surface area contributed by atoms with Gasteiger partial charge < -0.3 is 14.6 Å². The van der Waals surface area contributed by atoms with Gasteiger partial charge in [-0.25, -0.2) is 4.79 Å². The molecule has 0 fully saturated rings. The van der Waals surface area contributed by atoms with Crippen LogP contribution in [0.3, 0.4) is 0 Å². The van der Waals surface area contributed by atoms with E-state index >= 15 is 0 Å². The van der Waals surface area contributed by atoms with E-state index in [4.69, 9.17) is 9.47 Å². The molecule has 0 saturated carbocycles. The smallest absolute Gasteiger partial charge is 0.338 e. The van der Waals surface area contributed by atoms with Crippen LogP contribution in [0.5, 0.6) is 5.75 Å². The number of esters is 1. The molecule has 0 amide bonds. The average Bonchev–Trinajstić information content (AvgIpc) is 2.52. The van der Waals surface area contributed by atoms with Crippen LogP contribution in [-0.4, -0.2) is 54.9 Å². The van der Waals surface area contributed by atoms with Gasteiger partial charge in [-0.15, -0.1) is 0 Å². The summed E-state index contributed by atoms with van der Waals surface area (Å²) in [6.07, 6.45) is -0.611. The molecule has 1 rings (SSSR count). The van der Waals surface area contributed by atoms with Crippen molar-refractivity contribution in [2.45, 2.75) is 26.9 Å². The Labute approximate surface area is 138 Å². The first kappa shape index (κ1) is 19.2. The summed E-state index contributed by atoms with van der Waals surface area (Å²) >= 11 is 0. The minimum absolute atomic E-state index is 0.166. The van der Waals surface area contributed by atoms with E-state index in [1.807, 2.05) is 13.8 Å². The number of nitrogens with zero attached hydrogens (tertiary/aromatic N) is 1. The maximum atomic E-state index is 11.7. The van der Waals surface area contributed by atoms with Gasteiger partial charge in [-0.1, -0.05) is 25.1 Å². The normalized spacial score (nSPS) is 12.0. The van der Waals surface area contributed by atoms with Crippen molar-refractivity contribution in [2.24, 2.45) is 0 Å². The Kier molecular flexibility index (Phi) is 8.37. The highest BCUT2D eigenvalue weighted by atomic mass is 16.5. The minimum atomic E-state index is -0.611. The molecule has 1 aromatic rings. The minimum Gasteiger partial charge on any atom is -0.491 e. The van der Waals surface area contributed by atoms with E-state index in [1.54, 1.807) is 31.2 Å². The molecule has 1 N–H and O–H groups in total. The fourth-order valence-electron chi connectivity index (χ4n) is 2.16. The van der Waals surface area contributed by atoms with Gasteiger partial charge >= 0.3 is 5.97 Å². The lowest BCUT2D eigenvalue weighted by Gasteiger charge is -2.23. The lowest BCUT2D eigenvalue weighted by atomic mass is 10.2. The van der Waals surface area contributed by atoms with Crippen molar-refractivity contribution in [1.29, 1.82) is 0 Å². The second-order valence-corrected chi connectivity index (χ2v) is 5.50. The summed E-state index contributed by atoms with van der Waals surface area (Å²) in [7, 11) is 0. The van der Waals surface area contributed by atoms with Crippen molar-refractivity contribution >= 4 is 5.97 Å².